The molecular weight excluding hydrogens is 542 g/mol. The highest BCUT2D eigenvalue weighted by Gasteiger charge is 2.28. The maximum atomic E-state index is 13.7. The number of rotatable bonds is 10. The third-order valence-electron chi connectivity index (χ3n) is 5.77. The number of carbonyl (C=O) groups is 2. The molecule has 0 saturated carbocycles. The molecule has 2 amide bonds. The molecule has 0 aliphatic carbocycles. The van der Waals surface area contributed by atoms with Crippen molar-refractivity contribution >= 4 is 44.8 Å². The predicted molar refractivity (Wildman–Crippen MR) is 149 cm³/mol. The number of nitrogens with one attached hydrogen (secondary N) is 2. The van der Waals surface area contributed by atoms with Crippen molar-refractivity contribution in [2.45, 2.75) is 18.4 Å². The average molecular weight is 568 g/mol. The van der Waals surface area contributed by atoms with E-state index in [4.69, 9.17) is 20.8 Å². The minimum atomic E-state index is -4.17. The normalized spacial score (nSPS) is 11.1. The highest BCUT2D eigenvalue weighted by molar-refractivity contribution is 7.92. The van der Waals surface area contributed by atoms with E-state index in [1.807, 2.05) is 6.92 Å². The van der Waals surface area contributed by atoms with Crippen LogP contribution < -0.4 is 19.7 Å². The summed E-state index contributed by atoms with van der Waals surface area (Å²) in [7, 11) is -2.73. The van der Waals surface area contributed by atoms with E-state index in [0.29, 0.717) is 11.5 Å². The van der Waals surface area contributed by atoms with Gasteiger partial charge in [0.25, 0.3) is 15.9 Å². The highest BCUT2D eigenvalue weighted by atomic mass is 35.5. The van der Waals surface area contributed by atoms with Gasteiger partial charge in [-0.15, -0.1) is 0 Å². The number of hydrogen-bond donors (Lipinski definition) is 2. The van der Waals surface area contributed by atoms with Crippen molar-refractivity contribution in [3.63, 3.8) is 0 Å². The van der Waals surface area contributed by atoms with E-state index in [1.54, 1.807) is 48.5 Å². The number of benzene rings is 3. The van der Waals surface area contributed by atoms with Crippen LogP contribution >= 0.6 is 11.6 Å². The van der Waals surface area contributed by atoms with Gasteiger partial charge in [-0.05, 0) is 61.5 Å². The smallest absolute Gasteiger partial charge is 0.264 e. The average Bonchev–Trinajstić information content (AvgIpc) is 3.45. The Morgan fingerprint density at radius 1 is 1.00 bits per heavy atom. The summed E-state index contributed by atoms with van der Waals surface area (Å²) in [4.78, 5) is 26.1. The zero-order valence-corrected chi connectivity index (χ0v) is 22.8. The lowest BCUT2D eigenvalue weighted by atomic mass is 10.1. The Bertz CT molecular complexity index is 1570. The number of nitrogens with zero attached hydrogens (tertiary/aromatic N) is 1. The second-order valence-electron chi connectivity index (χ2n) is 8.50. The molecular formula is C28H26ClN3O6S. The SMILES string of the molecule is COc1ccc(N(CC(=O)Nc2ccccc2C(=O)NCc2ccco2)S(=O)(=O)c2ccc(C)cc2)cc1Cl. The molecule has 0 saturated heterocycles. The Kier molecular flexibility index (Phi) is 8.58. The number of carbonyl (C=O) groups excluding carboxylic acids is 2. The molecule has 4 rings (SSSR count). The second-order valence-corrected chi connectivity index (χ2v) is 10.8. The lowest BCUT2D eigenvalue weighted by Gasteiger charge is -2.25. The van der Waals surface area contributed by atoms with Gasteiger partial charge in [-0.1, -0.05) is 41.4 Å². The van der Waals surface area contributed by atoms with Crippen LogP contribution in [0.5, 0.6) is 5.75 Å². The largest absolute Gasteiger partial charge is 0.495 e. The Morgan fingerprint density at radius 2 is 1.74 bits per heavy atom. The predicted octanol–water partition coefficient (Wildman–Crippen LogP) is 5.01. The topological polar surface area (TPSA) is 118 Å². The van der Waals surface area contributed by atoms with Gasteiger partial charge in [0.1, 0.15) is 18.1 Å². The number of aryl methyl sites for hydroxylation is 1. The first-order valence-corrected chi connectivity index (χ1v) is 13.6. The van der Waals surface area contributed by atoms with Gasteiger partial charge >= 0.3 is 0 Å². The lowest BCUT2D eigenvalue weighted by molar-refractivity contribution is -0.114. The van der Waals surface area contributed by atoms with E-state index in [-0.39, 0.29) is 33.4 Å². The molecule has 0 fully saturated rings. The first kappa shape index (κ1) is 27.7. The van der Waals surface area contributed by atoms with Crippen LogP contribution in [0.15, 0.2) is 94.4 Å². The van der Waals surface area contributed by atoms with Crippen molar-refractivity contribution in [2.75, 3.05) is 23.3 Å². The Labute approximate surface area is 231 Å². The first-order chi connectivity index (χ1) is 18.7. The molecule has 2 N–H and O–H groups in total. The van der Waals surface area contributed by atoms with Gasteiger partial charge in [-0.25, -0.2) is 8.42 Å². The third kappa shape index (κ3) is 6.60. The lowest BCUT2D eigenvalue weighted by Crippen LogP contribution is -2.38. The number of methoxy groups -OCH3 is 1. The van der Waals surface area contributed by atoms with E-state index in [2.05, 4.69) is 10.6 Å². The van der Waals surface area contributed by atoms with Crippen LogP contribution in [-0.4, -0.2) is 33.9 Å². The molecule has 0 spiro atoms. The first-order valence-electron chi connectivity index (χ1n) is 11.8. The summed E-state index contributed by atoms with van der Waals surface area (Å²) < 4.78 is 38.7. The van der Waals surface area contributed by atoms with Crippen molar-refractivity contribution in [1.29, 1.82) is 0 Å². The molecule has 0 unspecified atom stereocenters. The number of amides is 2. The van der Waals surface area contributed by atoms with Crippen molar-refractivity contribution < 1.29 is 27.2 Å². The van der Waals surface area contributed by atoms with Crippen LogP contribution in [0.25, 0.3) is 0 Å². The van der Waals surface area contributed by atoms with Gasteiger partial charge < -0.3 is 19.8 Å². The number of halogens is 1. The summed E-state index contributed by atoms with van der Waals surface area (Å²) in [5, 5.41) is 5.58. The number of ether oxygens (including phenoxy) is 1. The monoisotopic (exact) mass is 567 g/mol. The second kappa shape index (κ2) is 12.1. The standard InChI is InChI=1S/C28H26ClN3O6S/c1-19-9-12-22(13-10-19)39(35,36)32(20-11-14-26(37-2)24(29)16-20)18-27(33)31-25-8-4-3-7-23(25)28(34)30-17-21-6-5-15-38-21/h3-16H,17-18H2,1-2H3,(H,30,34)(H,31,33). The quantitative estimate of drug-likeness (QED) is 0.278. The van der Waals surface area contributed by atoms with Crippen molar-refractivity contribution in [1.82, 2.24) is 5.32 Å². The molecule has 0 aliphatic rings. The maximum absolute atomic E-state index is 13.7. The molecule has 9 nitrogen and oxygen atoms in total. The van der Waals surface area contributed by atoms with E-state index < -0.39 is 28.4 Å². The summed E-state index contributed by atoms with van der Waals surface area (Å²) in [6, 6.07) is 20.6. The van der Waals surface area contributed by atoms with Crippen molar-refractivity contribution in [2.24, 2.45) is 0 Å². The van der Waals surface area contributed by atoms with Crippen LogP contribution in [0.2, 0.25) is 5.02 Å². The van der Waals surface area contributed by atoms with Gasteiger partial charge in [0.2, 0.25) is 5.91 Å². The Balaban J connectivity index is 1.60. The van der Waals surface area contributed by atoms with E-state index in [1.165, 1.54) is 43.7 Å². The van der Waals surface area contributed by atoms with Crippen LogP contribution in [0, 0.1) is 6.92 Å². The van der Waals surface area contributed by atoms with Gasteiger partial charge in [-0.2, -0.15) is 0 Å². The van der Waals surface area contributed by atoms with Gasteiger partial charge in [0, 0.05) is 0 Å². The molecule has 0 atom stereocenters. The zero-order chi connectivity index (χ0) is 28.0. The molecule has 0 aliphatic heterocycles. The van der Waals surface area contributed by atoms with Crippen molar-refractivity contribution in [3.05, 3.63) is 107 Å². The van der Waals surface area contributed by atoms with Crippen molar-refractivity contribution in [3.8, 4) is 5.75 Å². The molecule has 0 radical (unpaired) electrons. The number of anilines is 2. The fraction of sp³-hybridized carbons (Fsp3) is 0.143. The summed E-state index contributed by atoms with van der Waals surface area (Å²) in [5.74, 6) is -0.177. The molecule has 3 aromatic carbocycles. The summed E-state index contributed by atoms with van der Waals surface area (Å²) in [6.45, 7) is 1.42. The molecule has 202 valence electrons. The number of sulfonamides is 1. The highest BCUT2D eigenvalue weighted by Crippen LogP contribution is 2.32. The van der Waals surface area contributed by atoms with Gasteiger partial charge in [0.05, 0.1) is 46.8 Å². The molecule has 1 aromatic heterocycles. The molecule has 4 aromatic rings. The minimum absolute atomic E-state index is 0.00513. The molecule has 11 heteroatoms. The van der Waals surface area contributed by atoms with E-state index in [9.17, 15) is 18.0 Å². The van der Waals surface area contributed by atoms with Gasteiger partial charge in [-0.3, -0.25) is 13.9 Å². The number of hydrogen-bond acceptors (Lipinski definition) is 6. The summed E-state index contributed by atoms with van der Waals surface area (Å²) in [6.07, 6.45) is 1.50. The molecule has 39 heavy (non-hydrogen) atoms. The van der Waals surface area contributed by atoms with Crippen LogP contribution in [0.1, 0.15) is 21.7 Å². The van der Waals surface area contributed by atoms with Crippen LogP contribution in [0.4, 0.5) is 11.4 Å². The van der Waals surface area contributed by atoms with E-state index in [0.717, 1.165) is 9.87 Å². The fourth-order valence-electron chi connectivity index (χ4n) is 3.75. The summed E-state index contributed by atoms with van der Waals surface area (Å²) >= 11 is 6.28. The van der Waals surface area contributed by atoms with E-state index >= 15 is 0 Å². The van der Waals surface area contributed by atoms with Crippen LogP contribution in [-0.2, 0) is 21.4 Å². The number of para-hydroxylation sites is 1. The summed E-state index contributed by atoms with van der Waals surface area (Å²) in [5.41, 5.74) is 1.48. The minimum Gasteiger partial charge on any atom is -0.495 e. The third-order valence-corrected chi connectivity index (χ3v) is 7.85. The molecule has 1 heterocycles. The zero-order valence-electron chi connectivity index (χ0n) is 21.2. The molecule has 0 bridgehead atoms. The maximum Gasteiger partial charge on any atom is 0.264 e. The number of furan rings is 1. The van der Waals surface area contributed by atoms with Crippen LogP contribution in [0.3, 0.4) is 0 Å². The Morgan fingerprint density at radius 3 is 2.41 bits per heavy atom. The van der Waals surface area contributed by atoms with Gasteiger partial charge in [0.15, 0.2) is 0 Å². The fourth-order valence-corrected chi connectivity index (χ4v) is 5.41. The Hall–Kier alpha value is -4.28.